The van der Waals surface area contributed by atoms with Gasteiger partial charge in [0.25, 0.3) is 0 Å². The Hall–Kier alpha value is -0.990. The molecule has 0 saturated heterocycles. The molecule has 1 aromatic rings. The van der Waals surface area contributed by atoms with Gasteiger partial charge < -0.3 is 10.3 Å². The normalized spacial score (nSPS) is 22.1. The third kappa shape index (κ3) is 1.67. The van der Waals surface area contributed by atoms with Gasteiger partial charge in [-0.25, -0.2) is 0 Å². The van der Waals surface area contributed by atoms with Crippen LogP contribution in [0.15, 0.2) is 4.52 Å². The van der Waals surface area contributed by atoms with Crippen molar-refractivity contribution in [2.75, 3.05) is 5.73 Å². The number of nitrogens with two attached hydrogens (primary N) is 1. The van der Waals surface area contributed by atoms with Crippen LogP contribution in [-0.2, 0) is 6.42 Å². The summed E-state index contributed by atoms with van der Waals surface area (Å²) in [6.45, 7) is 13.5. The minimum Gasteiger partial charge on any atom is -0.381 e. The van der Waals surface area contributed by atoms with Crippen LogP contribution in [0.1, 0.15) is 58.8 Å². The summed E-state index contributed by atoms with van der Waals surface area (Å²) >= 11 is 0. The van der Waals surface area contributed by atoms with E-state index in [2.05, 4.69) is 46.7 Å². The molecule has 0 bridgehead atoms. The van der Waals surface area contributed by atoms with E-state index in [0.717, 1.165) is 17.7 Å². The standard InChI is InChI=1S/C14H24N2O/c1-8(2)7-9-10(17-16-12(9)15)11-13(3,4)14(11,5)6/h8,11H,7H2,1-6H3,(H2,15,16). The van der Waals surface area contributed by atoms with E-state index in [1.165, 1.54) is 0 Å². The second-order valence-corrected chi connectivity index (χ2v) is 6.88. The zero-order valence-electron chi connectivity index (χ0n) is 11.8. The van der Waals surface area contributed by atoms with Gasteiger partial charge in [-0.1, -0.05) is 46.7 Å². The Morgan fingerprint density at radius 3 is 2.18 bits per heavy atom. The van der Waals surface area contributed by atoms with Crippen LogP contribution in [0.25, 0.3) is 0 Å². The topological polar surface area (TPSA) is 52.0 Å². The number of nitrogen functional groups attached to an aromatic ring is 1. The maximum Gasteiger partial charge on any atom is 0.170 e. The lowest BCUT2D eigenvalue weighted by Crippen LogP contribution is -2.01. The van der Waals surface area contributed by atoms with Crippen LogP contribution in [0.5, 0.6) is 0 Å². The molecular weight excluding hydrogens is 212 g/mol. The summed E-state index contributed by atoms with van der Waals surface area (Å²) in [6.07, 6.45) is 0.952. The monoisotopic (exact) mass is 236 g/mol. The van der Waals surface area contributed by atoms with Crippen LogP contribution in [-0.4, -0.2) is 5.16 Å². The van der Waals surface area contributed by atoms with E-state index in [0.29, 0.717) is 17.7 Å². The van der Waals surface area contributed by atoms with Gasteiger partial charge >= 0.3 is 0 Å². The smallest absolute Gasteiger partial charge is 0.170 e. The highest BCUT2D eigenvalue weighted by Crippen LogP contribution is 2.74. The zero-order valence-corrected chi connectivity index (χ0v) is 11.8. The first kappa shape index (κ1) is 12.5. The van der Waals surface area contributed by atoms with Gasteiger partial charge in [0.15, 0.2) is 5.82 Å². The molecule has 17 heavy (non-hydrogen) atoms. The van der Waals surface area contributed by atoms with Crippen molar-refractivity contribution in [3.05, 3.63) is 11.3 Å². The van der Waals surface area contributed by atoms with Crippen molar-refractivity contribution in [2.45, 2.75) is 53.9 Å². The van der Waals surface area contributed by atoms with Crippen molar-refractivity contribution >= 4 is 5.82 Å². The van der Waals surface area contributed by atoms with Crippen molar-refractivity contribution in [3.63, 3.8) is 0 Å². The molecule has 0 atom stereocenters. The first-order chi connectivity index (χ1) is 7.69. The van der Waals surface area contributed by atoms with Gasteiger partial charge in [-0.15, -0.1) is 0 Å². The first-order valence-corrected chi connectivity index (χ1v) is 6.43. The van der Waals surface area contributed by atoms with Crippen molar-refractivity contribution in [1.29, 1.82) is 0 Å². The number of rotatable bonds is 3. The molecule has 0 aliphatic heterocycles. The van der Waals surface area contributed by atoms with Gasteiger partial charge in [0.1, 0.15) is 5.76 Å². The summed E-state index contributed by atoms with van der Waals surface area (Å²) in [5.74, 6) is 2.60. The second-order valence-electron chi connectivity index (χ2n) is 6.88. The lowest BCUT2D eigenvalue weighted by molar-refractivity contribution is 0.370. The van der Waals surface area contributed by atoms with Gasteiger partial charge in [0, 0.05) is 11.5 Å². The van der Waals surface area contributed by atoms with Crippen molar-refractivity contribution < 1.29 is 4.52 Å². The highest BCUT2D eigenvalue weighted by atomic mass is 16.5. The number of hydrogen-bond donors (Lipinski definition) is 1. The molecule has 0 unspecified atom stereocenters. The number of anilines is 1. The number of nitrogens with zero attached hydrogens (tertiary/aromatic N) is 1. The van der Waals surface area contributed by atoms with E-state index in [-0.39, 0.29) is 10.8 Å². The van der Waals surface area contributed by atoms with Gasteiger partial charge in [-0.3, -0.25) is 0 Å². The van der Waals surface area contributed by atoms with E-state index < -0.39 is 0 Å². The van der Waals surface area contributed by atoms with Crippen LogP contribution in [0.2, 0.25) is 0 Å². The summed E-state index contributed by atoms with van der Waals surface area (Å²) in [5.41, 5.74) is 7.59. The van der Waals surface area contributed by atoms with Crippen molar-refractivity contribution in [1.82, 2.24) is 5.16 Å². The minimum absolute atomic E-state index is 0.269. The molecule has 1 heterocycles. The SMILES string of the molecule is CC(C)Cc1c(N)noc1C1C(C)(C)C1(C)C. The van der Waals surface area contributed by atoms with Crippen LogP contribution in [0.4, 0.5) is 5.82 Å². The molecule has 1 aromatic heterocycles. The predicted molar refractivity (Wildman–Crippen MR) is 69.8 cm³/mol. The Morgan fingerprint density at radius 2 is 1.76 bits per heavy atom. The molecule has 1 saturated carbocycles. The quantitative estimate of drug-likeness (QED) is 0.872. The molecule has 0 spiro atoms. The number of aromatic nitrogens is 1. The minimum atomic E-state index is 0.269. The Bertz CT molecular complexity index is 415. The summed E-state index contributed by atoms with van der Waals surface area (Å²) in [4.78, 5) is 0. The van der Waals surface area contributed by atoms with Gasteiger partial charge in [0.05, 0.1) is 0 Å². The molecule has 1 fully saturated rings. The fraction of sp³-hybridized carbons (Fsp3) is 0.786. The molecule has 3 heteroatoms. The van der Waals surface area contributed by atoms with E-state index >= 15 is 0 Å². The molecule has 0 amide bonds. The molecule has 96 valence electrons. The summed E-state index contributed by atoms with van der Waals surface area (Å²) in [5, 5.41) is 3.96. The largest absolute Gasteiger partial charge is 0.381 e. The fourth-order valence-corrected chi connectivity index (χ4v) is 3.03. The van der Waals surface area contributed by atoms with Crippen LogP contribution in [0.3, 0.4) is 0 Å². The van der Waals surface area contributed by atoms with Crippen molar-refractivity contribution in [2.24, 2.45) is 16.7 Å². The predicted octanol–water partition coefficient (Wildman–Crippen LogP) is 3.60. The van der Waals surface area contributed by atoms with Crippen LogP contribution < -0.4 is 5.73 Å². The molecule has 2 rings (SSSR count). The van der Waals surface area contributed by atoms with E-state index in [1.54, 1.807) is 0 Å². The highest BCUT2D eigenvalue weighted by Gasteiger charge is 2.67. The van der Waals surface area contributed by atoms with E-state index in [4.69, 9.17) is 10.3 Å². The van der Waals surface area contributed by atoms with Crippen LogP contribution in [0, 0.1) is 16.7 Å². The number of hydrogen-bond acceptors (Lipinski definition) is 3. The average Bonchev–Trinajstić information content (AvgIpc) is 2.46. The molecule has 1 aliphatic rings. The summed E-state index contributed by atoms with van der Waals surface area (Å²) < 4.78 is 5.52. The molecule has 1 aliphatic carbocycles. The maximum atomic E-state index is 5.93. The van der Waals surface area contributed by atoms with Gasteiger partial charge in [0.2, 0.25) is 0 Å². The Balaban J connectivity index is 2.36. The first-order valence-electron chi connectivity index (χ1n) is 6.43. The van der Waals surface area contributed by atoms with Gasteiger partial charge in [-0.05, 0) is 23.2 Å². The third-order valence-corrected chi connectivity index (χ3v) is 4.74. The third-order valence-electron chi connectivity index (χ3n) is 4.74. The summed E-state index contributed by atoms with van der Waals surface area (Å²) in [7, 11) is 0. The van der Waals surface area contributed by atoms with E-state index in [1.807, 2.05) is 0 Å². The maximum absolute atomic E-state index is 5.93. The average molecular weight is 236 g/mol. The Morgan fingerprint density at radius 1 is 1.24 bits per heavy atom. The zero-order chi connectivity index (χ0) is 13.0. The lowest BCUT2D eigenvalue weighted by atomic mass is 9.98. The molecular formula is C14H24N2O. The van der Waals surface area contributed by atoms with E-state index in [9.17, 15) is 0 Å². The highest BCUT2D eigenvalue weighted by molar-refractivity contribution is 5.46. The fourth-order valence-electron chi connectivity index (χ4n) is 3.03. The molecule has 2 N–H and O–H groups in total. The van der Waals surface area contributed by atoms with Gasteiger partial charge in [-0.2, -0.15) is 0 Å². The molecule has 3 nitrogen and oxygen atoms in total. The Kier molecular flexibility index (Phi) is 2.57. The second kappa shape index (κ2) is 3.50. The molecule has 0 radical (unpaired) electrons. The lowest BCUT2D eigenvalue weighted by Gasteiger charge is -2.06. The Labute approximate surface area is 104 Å². The van der Waals surface area contributed by atoms with Crippen molar-refractivity contribution in [3.8, 4) is 0 Å². The van der Waals surface area contributed by atoms with Crippen LogP contribution >= 0.6 is 0 Å². The summed E-state index contributed by atoms with van der Waals surface area (Å²) in [6, 6.07) is 0. The molecule has 0 aromatic carbocycles.